The van der Waals surface area contributed by atoms with Crippen molar-refractivity contribution in [2.24, 2.45) is 0 Å². The van der Waals surface area contributed by atoms with Crippen LogP contribution in [0.15, 0.2) is 182 Å². The van der Waals surface area contributed by atoms with Gasteiger partial charge in [-0.1, -0.05) is 300 Å². The van der Waals surface area contributed by atoms with Gasteiger partial charge in [-0.25, -0.2) is 9.13 Å². The van der Waals surface area contributed by atoms with Crippen molar-refractivity contribution < 1.29 is 80.2 Å². The summed E-state index contributed by atoms with van der Waals surface area (Å²) >= 11 is 0. The summed E-state index contributed by atoms with van der Waals surface area (Å²) in [5, 5.41) is 10.7. The van der Waals surface area contributed by atoms with Crippen molar-refractivity contribution in [2.45, 2.75) is 316 Å². The number of rotatable bonds is 75. The fourth-order valence-electron chi connectivity index (χ4n) is 10.3. The molecule has 0 aromatic rings. The van der Waals surface area contributed by atoms with Crippen molar-refractivity contribution in [2.75, 3.05) is 39.6 Å². The molecule has 3 N–H and O–H groups in total. The average Bonchev–Trinajstić information content (AvgIpc) is 0.907. The Morgan fingerprint density at radius 1 is 0.269 bits per heavy atom. The fraction of sp³-hybridized carbons (Fsp3) is 0.618. The Hall–Kier alpha value is -5.84. The summed E-state index contributed by atoms with van der Waals surface area (Å²) < 4.78 is 68.6. The second-order valence-electron chi connectivity index (χ2n) is 26.6. The largest absolute Gasteiger partial charge is 0.472 e. The third kappa shape index (κ3) is 78.3. The predicted molar refractivity (Wildman–Crippen MR) is 445 cm³/mol. The van der Waals surface area contributed by atoms with E-state index < -0.39 is 97.5 Å². The van der Waals surface area contributed by atoms with Gasteiger partial charge in [-0.15, -0.1) is 0 Å². The highest BCUT2D eigenvalue weighted by atomic mass is 31.2. The smallest absolute Gasteiger partial charge is 0.462 e. The number of hydrogen-bond donors (Lipinski definition) is 3. The number of unbranched alkanes of at least 4 members (excludes halogenated alkanes) is 20. The molecule has 0 saturated heterocycles. The standard InChI is InChI=1S/C89H144O17P2/c1-5-9-13-17-21-25-29-33-37-40-41-44-47-50-54-58-62-66-70-74-87(92)100-80-85(106-89(94)76-72-68-64-60-56-52-48-43-39-35-31-27-23-19-15-11-7-3)82-104-108(97,98)102-78-83(90)77-101-107(95,96)103-81-84(105-88(93)75-71-67-63-59-55-51-45-36-32-28-24-20-16-12-8-4)79-99-86(91)73-69-65-61-57-53-49-46-42-38-34-30-26-22-18-14-10-6-2/h9-16,21-28,33-39,41,44-45,55,59,67,71,83-85,90H,5-8,17-20,29-32,40,42-43,46-54,56-58,60-66,68-70,72-82H2,1-4H3,(H,95,96)(H,97,98)/b13-9-,14-10-,15-11-,16-12-,25-21-,26-22-,27-23-,28-24-,37-33-,38-34-,39-35-,44-41-,45-36-,59-55-,71-67-. The minimum Gasteiger partial charge on any atom is -0.462 e. The van der Waals surface area contributed by atoms with Gasteiger partial charge in [0.1, 0.15) is 19.3 Å². The van der Waals surface area contributed by atoms with Crippen molar-refractivity contribution in [1.29, 1.82) is 0 Å². The third-order valence-corrected chi connectivity index (χ3v) is 18.3. The van der Waals surface area contributed by atoms with Crippen LogP contribution in [0.25, 0.3) is 0 Å². The number of phosphoric ester groups is 2. The monoisotopic (exact) mass is 1550 g/mol. The van der Waals surface area contributed by atoms with E-state index in [-0.39, 0.29) is 25.7 Å². The molecule has 0 aliphatic rings. The minimum absolute atomic E-state index is 0.0712. The first-order valence-corrected chi connectivity index (χ1v) is 44.0. The number of hydrogen-bond acceptors (Lipinski definition) is 15. The highest BCUT2D eigenvalue weighted by Gasteiger charge is 2.30. The highest BCUT2D eigenvalue weighted by molar-refractivity contribution is 7.47. The van der Waals surface area contributed by atoms with Crippen LogP contribution in [0.2, 0.25) is 0 Å². The SMILES string of the molecule is CC/C=C\C/C=C\C/C=C\C/C=C\C/C=C\CC(=O)OC(COC(=O)CCCCCCCCC/C=C\C/C=C\C/C=C\CC)COP(=O)(O)OCC(O)COP(=O)(O)OCC(COC(=O)CCCCCCCC/C=C\C/C=C\C/C=C\C/C=C\CC)OC(=O)CCCCCCCCC/C=C\C/C=C\C/C=C\CC. The molecule has 612 valence electrons. The Kier molecular flexibility index (Phi) is 75.0. The van der Waals surface area contributed by atoms with Gasteiger partial charge in [0.05, 0.1) is 32.8 Å². The molecule has 0 bridgehead atoms. The molecule has 0 aromatic heterocycles. The Bertz CT molecular complexity index is 2760. The maximum atomic E-state index is 13.1. The molecule has 0 spiro atoms. The van der Waals surface area contributed by atoms with E-state index in [9.17, 15) is 43.2 Å². The van der Waals surface area contributed by atoms with Gasteiger partial charge in [-0.3, -0.25) is 37.3 Å². The molecule has 19 heteroatoms. The first-order chi connectivity index (χ1) is 52.7. The number of allylic oxidation sites excluding steroid dienone is 29. The lowest BCUT2D eigenvalue weighted by atomic mass is 10.1. The summed E-state index contributed by atoms with van der Waals surface area (Å²) in [5.41, 5.74) is 0. The predicted octanol–water partition coefficient (Wildman–Crippen LogP) is 24.3. The number of ether oxygens (including phenoxy) is 4. The lowest BCUT2D eigenvalue weighted by Gasteiger charge is -2.21. The summed E-state index contributed by atoms with van der Waals surface area (Å²) in [5.74, 6) is -2.37. The molecule has 0 aliphatic heterocycles. The summed E-state index contributed by atoms with van der Waals surface area (Å²) in [6.45, 7) is 4.27. The Morgan fingerprint density at radius 3 is 0.778 bits per heavy atom. The normalized spacial score (nSPS) is 14.8. The van der Waals surface area contributed by atoms with E-state index in [1.807, 2.05) is 12.2 Å². The minimum atomic E-state index is -5.02. The molecular formula is C89H144O17P2. The van der Waals surface area contributed by atoms with Crippen LogP contribution in [0.3, 0.4) is 0 Å². The van der Waals surface area contributed by atoms with Crippen molar-refractivity contribution in [3.05, 3.63) is 182 Å². The molecule has 17 nitrogen and oxygen atoms in total. The summed E-state index contributed by atoms with van der Waals surface area (Å²) in [7, 11) is -10.0. The van der Waals surface area contributed by atoms with E-state index in [1.165, 1.54) is 0 Å². The molecule has 5 atom stereocenters. The van der Waals surface area contributed by atoms with Gasteiger partial charge in [-0.05, 0) is 154 Å². The second kappa shape index (κ2) is 79.3. The Labute approximate surface area is 654 Å². The molecule has 0 aromatic carbocycles. The van der Waals surface area contributed by atoms with Crippen LogP contribution in [0.5, 0.6) is 0 Å². The van der Waals surface area contributed by atoms with Crippen molar-refractivity contribution in [3.8, 4) is 0 Å². The van der Waals surface area contributed by atoms with Gasteiger partial charge in [0.25, 0.3) is 0 Å². The van der Waals surface area contributed by atoms with E-state index in [1.54, 1.807) is 12.2 Å². The zero-order chi connectivity index (χ0) is 78.9. The number of phosphoric acid groups is 2. The van der Waals surface area contributed by atoms with E-state index in [4.69, 9.17) is 37.0 Å². The zero-order valence-corrected chi connectivity index (χ0v) is 68.7. The lowest BCUT2D eigenvalue weighted by Crippen LogP contribution is -2.30. The quantitative estimate of drug-likeness (QED) is 0.0169. The molecule has 0 fully saturated rings. The molecule has 0 amide bonds. The molecule has 0 saturated carbocycles. The fourth-order valence-corrected chi connectivity index (χ4v) is 11.9. The van der Waals surface area contributed by atoms with Crippen molar-refractivity contribution >= 4 is 39.5 Å². The van der Waals surface area contributed by atoms with Gasteiger partial charge >= 0.3 is 39.5 Å². The van der Waals surface area contributed by atoms with E-state index in [0.717, 1.165) is 218 Å². The highest BCUT2D eigenvalue weighted by Crippen LogP contribution is 2.45. The van der Waals surface area contributed by atoms with Crippen LogP contribution in [-0.4, -0.2) is 96.7 Å². The van der Waals surface area contributed by atoms with E-state index in [2.05, 4.69) is 186 Å². The summed E-state index contributed by atoms with van der Waals surface area (Å²) in [6, 6.07) is 0. The average molecular weight is 1550 g/mol. The Morgan fingerprint density at radius 2 is 0.491 bits per heavy atom. The molecule has 108 heavy (non-hydrogen) atoms. The van der Waals surface area contributed by atoms with Gasteiger partial charge in [0, 0.05) is 19.3 Å². The molecular weight excluding hydrogens is 1400 g/mol. The number of aliphatic hydroxyl groups is 1. The molecule has 0 aliphatic carbocycles. The van der Waals surface area contributed by atoms with E-state index in [0.29, 0.717) is 25.7 Å². The van der Waals surface area contributed by atoms with Crippen LogP contribution in [0.1, 0.15) is 297 Å². The van der Waals surface area contributed by atoms with E-state index >= 15 is 0 Å². The lowest BCUT2D eigenvalue weighted by molar-refractivity contribution is -0.161. The van der Waals surface area contributed by atoms with Gasteiger partial charge < -0.3 is 33.8 Å². The zero-order valence-electron chi connectivity index (χ0n) is 66.9. The number of esters is 4. The van der Waals surface area contributed by atoms with Gasteiger partial charge in [-0.2, -0.15) is 0 Å². The molecule has 0 rings (SSSR count). The maximum absolute atomic E-state index is 13.1. The molecule has 0 heterocycles. The van der Waals surface area contributed by atoms with Crippen molar-refractivity contribution in [1.82, 2.24) is 0 Å². The number of aliphatic hydroxyl groups excluding tert-OH is 1. The van der Waals surface area contributed by atoms with Crippen LogP contribution in [0.4, 0.5) is 0 Å². The van der Waals surface area contributed by atoms with Crippen molar-refractivity contribution in [3.63, 3.8) is 0 Å². The maximum Gasteiger partial charge on any atom is 0.472 e. The first kappa shape index (κ1) is 102. The molecule has 5 unspecified atom stereocenters. The summed E-state index contributed by atoms with van der Waals surface area (Å²) in [6.07, 6.45) is 96.1. The number of carbonyl (C=O) groups is 4. The summed E-state index contributed by atoms with van der Waals surface area (Å²) in [4.78, 5) is 73.1. The van der Waals surface area contributed by atoms with Gasteiger partial charge in [0.2, 0.25) is 0 Å². The Balaban J connectivity index is 5.47. The van der Waals surface area contributed by atoms with Crippen LogP contribution >= 0.6 is 15.6 Å². The van der Waals surface area contributed by atoms with Crippen LogP contribution in [0, 0.1) is 0 Å². The first-order valence-electron chi connectivity index (χ1n) is 41.0. The van der Waals surface area contributed by atoms with Crippen LogP contribution < -0.4 is 0 Å². The van der Waals surface area contributed by atoms with Crippen LogP contribution in [-0.2, 0) is 65.4 Å². The topological polar surface area (TPSA) is 237 Å². The molecule has 0 radical (unpaired) electrons. The third-order valence-electron chi connectivity index (χ3n) is 16.4. The number of carbonyl (C=O) groups excluding carboxylic acids is 4. The van der Waals surface area contributed by atoms with Gasteiger partial charge in [0.15, 0.2) is 12.2 Å². The second-order valence-corrected chi connectivity index (χ2v) is 29.5.